The number of aromatic nitrogens is 1. The van der Waals surface area contributed by atoms with Crippen molar-refractivity contribution in [1.29, 1.82) is 0 Å². The first-order chi connectivity index (χ1) is 12.5. The second-order valence-corrected chi connectivity index (χ2v) is 7.02. The van der Waals surface area contributed by atoms with E-state index in [0.717, 1.165) is 31.9 Å². The highest BCUT2D eigenvalue weighted by atomic mass is 16.1. The number of nitrogens with one attached hydrogen (secondary N) is 2. The fourth-order valence-corrected chi connectivity index (χ4v) is 2.97. The van der Waals surface area contributed by atoms with Crippen molar-refractivity contribution >= 4 is 23.1 Å². The van der Waals surface area contributed by atoms with Crippen LogP contribution in [0.5, 0.6) is 0 Å². The maximum absolute atomic E-state index is 12.5. The third kappa shape index (κ3) is 4.73. The van der Waals surface area contributed by atoms with Gasteiger partial charge in [-0.1, -0.05) is 0 Å². The summed E-state index contributed by atoms with van der Waals surface area (Å²) in [6.45, 7) is 8.29. The Morgan fingerprint density at radius 3 is 2.42 bits per heavy atom. The Morgan fingerprint density at radius 1 is 1.08 bits per heavy atom. The molecule has 0 aliphatic carbocycles. The summed E-state index contributed by atoms with van der Waals surface area (Å²) in [6.07, 6.45) is 1.65. The van der Waals surface area contributed by atoms with Crippen molar-refractivity contribution in [2.75, 3.05) is 48.8 Å². The first-order valence-corrected chi connectivity index (χ1v) is 9.09. The largest absolute Gasteiger partial charge is 0.369 e. The number of pyridine rings is 1. The van der Waals surface area contributed by atoms with Crippen LogP contribution in [0.3, 0.4) is 0 Å². The molecule has 1 aliphatic heterocycles. The highest BCUT2D eigenvalue weighted by molar-refractivity contribution is 6.04. The molecule has 2 N–H and O–H groups in total. The molecule has 1 amide bonds. The van der Waals surface area contributed by atoms with Crippen LogP contribution in [0, 0.1) is 0 Å². The van der Waals surface area contributed by atoms with E-state index in [4.69, 9.17) is 0 Å². The zero-order valence-corrected chi connectivity index (χ0v) is 15.7. The minimum Gasteiger partial charge on any atom is -0.369 e. The molecule has 26 heavy (non-hydrogen) atoms. The van der Waals surface area contributed by atoms with Gasteiger partial charge in [-0.25, -0.2) is 4.98 Å². The van der Waals surface area contributed by atoms with Crippen LogP contribution in [0.15, 0.2) is 42.6 Å². The van der Waals surface area contributed by atoms with E-state index in [2.05, 4.69) is 44.6 Å². The lowest BCUT2D eigenvalue weighted by Gasteiger charge is -2.34. The number of carbonyl (C=O) groups excluding carboxylic acids is 1. The number of amides is 1. The van der Waals surface area contributed by atoms with Crippen molar-refractivity contribution in [2.24, 2.45) is 0 Å². The fraction of sp³-hybridized carbons (Fsp3) is 0.400. The molecule has 2 aromatic rings. The molecular weight excluding hydrogens is 326 g/mol. The lowest BCUT2D eigenvalue weighted by molar-refractivity contribution is 0.102. The molecule has 0 unspecified atom stereocenters. The van der Waals surface area contributed by atoms with E-state index in [1.807, 2.05) is 26.0 Å². The Morgan fingerprint density at radius 2 is 1.77 bits per heavy atom. The molecule has 6 nitrogen and oxygen atoms in total. The molecule has 0 atom stereocenters. The quantitative estimate of drug-likeness (QED) is 0.865. The van der Waals surface area contributed by atoms with Crippen LogP contribution in [-0.2, 0) is 0 Å². The average molecular weight is 353 g/mol. The molecule has 6 heteroatoms. The van der Waals surface area contributed by atoms with E-state index < -0.39 is 0 Å². The van der Waals surface area contributed by atoms with Crippen molar-refractivity contribution in [2.45, 2.75) is 19.9 Å². The number of hydrogen-bond donors (Lipinski definition) is 2. The summed E-state index contributed by atoms with van der Waals surface area (Å²) < 4.78 is 0. The zero-order valence-electron chi connectivity index (χ0n) is 15.7. The zero-order chi connectivity index (χ0) is 18.5. The second-order valence-electron chi connectivity index (χ2n) is 7.02. The first-order valence-electron chi connectivity index (χ1n) is 9.09. The molecule has 138 valence electrons. The minimum absolute atomic E-state index is 0.133. The van der Waals surface area contributed by atoms with Crippen molar-refractivity contribution in [3.63, 3.8) is 0 Å². The molecule has 0 saturated carbocycles. The van der Waals surface area contributed by atoms with E-state index >= 15 is 0 Å². The maximum atomic E-state index is 12.5. The summed E-state index contributed by atoms with van der Waals surface area (Å²) in [4.78, 5) is 21.4. The standard InChI is InChI=1S/C20H27N5O/c1-15(2)22-19-14-16(8-9-21-19)20(26)23-17-4-6-18(7-5-17)25-12-10-24(3)11-13-25/h4-9,14-15H,10-13H2,1-3H3,(H,21,22)(H,23,26). The van der Waals surface area contributed by atoms with E-state index in [0.29, 0.717) is 11.4 Å². The molecule has 0 radical (unpaired) electrons. The number of benzene rings is 1. The summed E-state index contributed by atoms with van der Waals surface area (Å²) in [5.74, 6) is 0.574. The molecule has 1 aliphatic rings. The molecule has 0 bridgehead atoms. The summed E-state index contributed by atoms with van der Waals surface area (Å²) >= 11 is 0. The van der Waals surface area contributed by atoms with Gasteiger partial charge in [-0.2, -0.15) is 0 Å². The van der Waals surface area contributed by atoms with Crippen molar-refractivity contribution in [3.05, 3.63) is 48.2 Å². The molecule has 1 fully saturated rings. The lowest BCUT2D eigenvalue weighted by Crippen LogP contribution is -2.44. The Bertz CT molecular complexity index is 736. The van der Waals surface area contributed by atoms with Gasteiger partial charge >= 0.3 is 0 Å². The van der Waals surface area contributed by atoms with Gasteiger partial charge in [-0.15, -0.1) is 0 Å². The molecule has 1 aromatic heterocycles. The van der Waals surface area contributed by atoms with E-state index in [-0.39, 0.29) is 11.9 Å². The Kier molecular flexibility index (Phi) is 5.73. The number of piperazine rings is 1. The normalized spacial score (nSPS) is 15.2. The van der Waals surface area contributed by atoms with E-state index in [1.54, 1.807) is 18.3 Å². The summed E-state index contributed by atoms with van der Waals surface area (Å²) in [5.41, 5.74) is 2.58. The fourth-order valence-electron chi connectivity index (χ4n) is 2.97. The molecule has 1 saturated heterocycles. The predicted octanol–water partition coefficient (Wildman–Crippen LogP) is 2.91. The number of anilines is 3. The van der Waals surface area contributed by atoms with Gasteiger partial charge in [0.1, 0.15) is 5.82 Å². The van der Waals surface area contributed by atoms with Crippen molar-refractivity contribution in [3.8, 4) is 0 Å². The molecular formula is C20H27N5O. The van der Waals surface area contributed by atoms with Gasteiger partial charge in [0.25, 0.3) is 5.91 Å². The third-order valence-electron chi connectivity index (χ3n) is 4.45. The van der Waals surface area contributed by atoms with E-state index in [9.17, 15) is 4.79 Å². The number of rotatable bonds is 5. The number of likely N-dealkylation sites (N-methyl/N-ethyl adjacent to an activating group) is 1. The summed E-state index contributed by atoms with van der Waals surface area (Å²) in [5, 5.41) is 6.17. The highest BCUT2D eigenvalue weighted by Gasteiger charge is 2.14. The maximum Gasteiger partial charge on any atom is 0.255 e. The average Bonchev–Trinajstić information content (AvgIpc) is 2.63. The van der Waals surface area contributed by atoms with Gasteiger partial charge in [0, 0.05) is 55.4 Å². The van der Waals surface area contributed by atoms with Crippen LogP contribution < -0.4 is 15.5 Å². The van der Waals surface area contributed by atoms with E-state index in [1.165, 1.54) is 5.69 Å². The van der Waals surface area contributed by atoms with Gasteiger partial charge in [0.15, 0.2) is 0 Å². The van der Waals surface area contributed by atoms with Crippen LogP contribution in [0.1, 0.15) is 24.2 Å². The van der Waals surface area contributed by atoms with Gasteiger partial charge in [0.05, 0.1) is 0 Å². The number of nitrogens with zero attached hydrogens (tertiary/aromatic N) is 3. The molecule has 2 heterocycles. The molecule has 1 aromatic carbocycles. The van der Waals surface area contributed by atoms with Crippen LogP contribution in [0.4, 0.5) is 17.2 Å². The summed E-state index contributed by atoms with van der Waals surface area (Å²) in [6, 6.07) is 11.8. The Balaban J connectivity index is 1.63. The van der Waals surface area contributed by atoms with Gasteiger partial charge in [-0.3, -0.25) is 4.79 Å². The smallest absolute Gasteiger partial charge is 0.255 e. The Hall–Kier alpha value is -2.60. The number of hydrogen-bond acceptors (Lipinski definition) is 5. The highest BCUT2D eigenvalue weighted by Crippen LogP contribution is 2.20. The topological polar surface area (TPSA) is 60.5 Å². The van der Waals surface area contributed by atoms with Gasteiger partial charge in [0.2, 0.25) is 0 Å². The summed E-state index contributed by atoms with van der Waals surface area (Å²) in [7, 11) is 2.15. The van der Waals surface area contributed by atoms with Crippen molar-refractivity contribution < 1.29 is 4.79 Å². The lowest BCUT2D eigenvalue weighted by atomic mass is 10.2. The first kappa shape index (κ1) is 18.2. The van der Waals surface area contributed by atoms with Crippen LogP contribution in [0.25, 0.3) is 0 Å². The SMILES string of the molecule is CC(C)Nc1cc(C(=O)Nc2ccc(N3CCN(C)CC3)cc2)ccn1. The monoisotopic (exact) mass is 353 g/mol. The van der Waals surface area contributed by atoms with Gasteiger partial charge in [-0.05, 0) is 57.3 Å². The minimum atomic E-state index is -0.133. The molecule has 3 rings (SSSR count). The van der Waals surface area contributed by atoms with Crippen LogP contribution in [0.2, 0.25) is 0 Å². The molecule has 0 spiro atoms. The number of carbonyl (C=O) groups is 1. The van der Waals surface area contributed by atoms with Gasteiger partial charge < -0.3 is 20.4 Å². The predicted molar refractivity (Wildman–Crippen MR) is 107 cm³/mol. The second kappa shape index (κ2) is 8.19. The van der Waals surface area contributed by atoms with Crippen molar-refractivity contribution in [1.82, 2.24) is 9.88 Å². The third-order valence-corrected chi connectivity index (χ3v) is 4.45. The van der Waals surface area contributed by atoms with Crippen LogP contribution >= 0.6 is 0 Å². The Labute approximate surface area is 155 Å². The van der Waals surface area contributed by atoms with Crippen LogP contribution in [-0.4, -0.2) is 55.1 Å².